The Morgan fingerprint density at radius 1 is 1.10 bits per heavy atom. The molecule has 0 spiro atoms. The zero-order chi connectivity index (χ0) is 14.8. The van der Waals surface area contributed by atoms with Gasteiger partial charge in [-0.05, 0) is 42.3 Å². The highest BCUT2D eigenvalue weighted by Crippen LogP contribution is 2.30. The lowest BCUT2D eigenvalue weighted by molar-refractivity contribution is -0.137. The number of alkyl halides is 3. The fraction of sp³-hybridized carbons (Fsp3) is 0.200. The van der Waals surface area contributed by atoms with E-state index in [9.17, 15) is 13.2 Å². The van der Waals surface area contributed by atoms with Crippen LogP contribution in [0.15, 0.2) is 42.5 Å². The maximum absolute atomic E-state index is 12.6. The van der Waals surface area contributed by atoms with E-state index in [-0.39, 0.29) is 6.61 Å². The standard InChI is InChI=1S/C15H12ClF3O/c1-10-5-6-13(16)8-14(10)20-9-11-3-2-4-12(7-11)15(17,18)19/h2-8H,9H2,1H3. The minimum absolute atomic E-state index is 0.0606. The van der Waals surface area contributed by atoms with Crippen LogP contribution in [-0.2, 0) is 12.8 Å². The normalized spacial score (nSPS) is 11.4. The molecular formula is C15H12ClF3O. The summed E-state index contributed by atoms with van der Waals surface area (Å²) in [7, 11) is 0. The van der Waals surface area contributed by atoms with Crippen molar-refractivity contribution < 1.29 is 17.9 Å². The minimum atomic E-state index is -4.35. The molecule has 20 heavy (non-hydrogen) atoms. The monoisotopic (exact) mass is 300 g/mol. The Labute approximate surface area is 119 Å². The van der Waals surface area contributed by atoms with Crippen LogP contribution >= 0.6 is 11.6 Å². The summed E-state index contributed by atoms with van der Waals surface area (Å²) in [5, 5.41) is 0.523. The maximum Gasteiger partial charge on any atom is 0.416 e. The first-order valence-electron chi connectivity index (χ1n) is 5.91. The highest BCUT2D eigenvalue weighted by Gasteiger charge is 2.30. The molecule has 0 aliphatic carbocycles. The Morgan fingerprint density at radius 2 is 1.85 bits per heavy atom. The molecule has 0 saturated heterocycles. The van der Waals surface area contributed by atoms with E-state index < -0.39 is 11.7 Å². The van der Waals surface area contributed by atoms with E-state index in [1.54, 1.807) is 24.3 Å². The van der Waals surface area contributed by atoms with Gasteiger partial charge in [0.25, 0.3) is 0 Å². The van der Waals surface area contributed by atoms with Gasteiger partial charge in [-0.1, -0.05) is 29.8 Å². The first-order chi connectivity index (χ1) is 9.36. The van der Waals surface area contributed by atoms with Crippen LogP contribution in [0.4, 0.5) is 13.2 Å². The van der Waals surface area contributed by atoms with Crippen LogP contribution in [0.5, 0.6) is 5.75 Å². The molecule has 2 aromatic rings. The molecule has 2 rings (SSSR count). The first kappa shape index (κ1) is 14.7. The van der Waals surface area contributed by atoms with Crippen LogP contribution in [-0.4, -0.2) is 0 Å². The Kier molecular flexibility index (Phi) is 4.23. The summed E-state index contributed by atoms with van der Waals surface area (Å²) in [6, 6.07) is 10.2. The predicted octanol–water partition coefficient (Wildman–Crippen LogP) is 5.25. The van der Waals surface area contributed by atoms with Gasteiger partial charge in [0.2, 0.25) is 0 Å². The summed E-state index contributed by atoms with van der Waals surface area (Å²) in [5.41, 5.74) is 0.655. The highest BCUT2D eigenvalue weighted by molar-refractivity contribution is 6.30. The number of aryl methyl sites for hydroxylation is 1. The minimum Gasteiger partial charge on any atom is -0.489 e. The van der Waals surface area contributed by atoms with Crippen molar-refractivity contribution in [1.82, 2.24) is 0 Å². The molecule has 1 nitrogen and oxygen atoms in total. The lowest BCUT2D eigenvalue weighted by Crippen LogP contribution is -2.06. The average Bonchev–Trinajstić information content (AvgIpc) is 2.39. The maximum atomic E-state index is 12.6. The molecule has 5 heteroatoms. The van der Waals surface area contributed by atoms with E-state index in [2.05, 4.69) is 0 Å². The summed E-state index contributed by atoms with van der Waals surface area (Å²) in [5.74, 6) is 0.565. The smallest absolute Gasteiger partial charge is 0.416 e. The molecule has 2 aromatic carbocycles. The molecule has 0 aliphatic rings. The third kappa shape index (κ3) is 3.67. The van der Waals surface area contributed by atoms with Crippen molar-refractivity contribution in [3.05, 3.63) is 64.2 Å². The quantitative estimate of drug-likeness (QED) is 0.752. The molecule has 0 N–H and O–H groups in total. The van der Waals surface area contributed by atoms with E-state index >= 15 is 0 Å². The zero-order valence-electron chi connectivity index (χ0n) is 10.7. The summed E-state index contributed by atoms with van der Waals surface area (Å²) >= 11 is 5.85. The average molecular weight is 301 g/mol. The van der Waals surface area contributed by atoms with Crippen LogP contribution in [0.1, 0.15) is 16.7 Å². The van der Waals surface area contributed by atoms with E-state index in [4.69, 9.17) is 16.3 Å². The zero-order valence-corrected chi connectivity index (χ0v) is 11.4. The third-order valence-electron chi connectivity index (χ3n) is 2.80. The van der Waals surface area contributed by atoms with Gasteiger partial charge in [0, 0.05) is 5.02 Å². The topological polar surface area (TPSA) is 9.23 Å². The lowest BCUT2D eigenvalue weighted by Gasteiger charge is -2.11. The molecule has 0 atom stereocenters. The van der Waals surface area contributed by atoms with Crippen molar-refractivity contribution in [1.29, 1.82) is 0 Å². The van der Waals surface area contributed by atoms with E-state index in [0.717, 1.165) is 17.7 Å². The third-order valence-corrected chi connectivity index (χ3v) is 3.03. The van der Waals surface area contributed by atoms with Crippen LogP contribution in [0.25, 0.3) is 0 Å². The van der Waals surface area contributed by atoms with Gasteiger partial charge in [-0.25, -0.2) is 0 Å². The SMILES string of the molecule is Cc1ccc(Cl)cc1OCc1cccc(C(F)(F)F)c1. The number of rotatable bonds is 3. The van der Waals surface area contributed by atoms with E-state index in [0.29, 0.717) is 16.3 Å². The molecule has 0 saturated carbocycles. The van der Waals surface area contributed by atoms with Gasteiger partial charge >= 0.3 is 6.18 Å². The van der Waals surface area contributed by atoms with Crippen molar-refractivity contribution >= 4 is 11.6 Å². The number of benzene rings is 2. The summed E-state index contributed by atoms with van der Waals surface area (Å²) in [6.07, 6.45) is -4.35. The van der Waals surface area contributed by atoms with Crippen molar-refractivity contribution in [2.24, 2.45) is 0 Å². The Hall–Kier alpha value is -1.68. The van der Waals surface area contributed by atoms with E-state index in [1.807, 2.05) is 6.92 Å². The Balaban J connectivity index is 2.13. The molecule has 0 fully saturated rings. The molecule has 0 radical (unpaired) electrons. The molecule has 106 valence electrons. The Bertz CT molecular complexity index is 608. The first-order valence-corrected chi connectivity index (χ1v) is 6.29. The molecular weight excluding hydrogens is 289 g/mol. The largest absolute Gasteiger partial charge is 0.489 e. The molecule has 0 amide bonds. The number of hydrogen-bond donors (Lipinski definition) is 0. The fourth-order valence-electron chi connectivity index (χ4n) is 1.73. The summed E-state index contributed by atoms with van der Waals surface area (Å²) < 4.78 is 43.3. The van der Waals surface area contributed by atoms with Gasteiger partial charge in [0.05, 0.1) is 5.56 Å². The predicted molar refractivity (Wildman–Crippen MR) is 72.0 cm³/mol. The van der Waals surface area contributed by atoms with Crippen molar-refractivity contribution in [2.45, 2.75) is 19.7 Å². The second-order valence-electron chi connectivity index (χ2n) is 4.40. The van der Waals surface area contributed by atoms with Gasteiger partial charge in [0.15, 0.2) is 0 Å². The van der Waals surface area contributed by atoms with Gasteiger partial charge in [-0.2, -0.15) is 13.2 Å². The van der Waals surface area contributed by atoms with Crippen LogP contribution in [0.3, 0.4) is 0 Å². The molecule has 0 bridgehead atoms. The lowest BCUT2D eigenvalue weighted by atomic mass is 10.1. The second-order valence-corrected chi connectivity index (χ2v) is 4.83. The van der Waals surface area contributed by atoms with E-state index in [1.165, 1.54) is 6.07 Å². The Morgan fingerprint density at radius 3 is 2.55 bits per heavy atom. The number of halogens is 4. The molecule has 0 aliphatic heterocycles. The van der Waals surface area contributed by atoms with Crippen molar-refractivity contribution in [3.8, 4) is 5.75 Å². The molecule has 0 unspecified atom stereocenters. The molecule has 0 heterocycles. The van der Waals surface area contributed by atoms with Crippen LogP contribution < -0.4 is 4.74 Å². The van der Waals surface area contributed by atoms with Gasteiger partial charge in [0.1, 0.15) is 12.4 Å². The fourth-order valence-corrected chi connectivity index (χ4v) is 1.89. The number of ether oxygens (including phenoxy) is 1. The van der Waals surface area contributed by atoms with Crippen LogP contribution in [0.2, 0.25) is 5.02 Å². The summed E-state index contributed by atoms with van der Waals surface area (Å²) in [6.45, 7) is 1.91. The second kappa shape index (κ2) is 5.75. The summed E-state index contributed by atoms with van der Waals surface area (Å²) in [4.78, 5) is 0. The van der Waals surface area contributed by atoms with Gasteiger partial charge in [-0.15, -0.1) is 0 Å². The highest BCUT2D eigenvalue weighted by atomic mass is 35.5. The van der Waals surface area contributed by atoms with Gasteiger partial charge in [-0.3, -0.25) is 0 Å². The van der Waals surface area contributed by atoms with Gasteiger partial charge < -0.3 is 4.74 Å². The van der Waals surface area contributed by atoms with Crippen molar-refractivity contribution in [3.63, 3.8) is 0 Å². The molecule has 0 aromatic heterocycles. The number of hydrogen-bond acceptors (Lipinski definition) is 1. The van der Waals surface area contributed by atoms with Crippen LogP contribution in [0, 0.1) is 6.92 Å². The van der Waals surface area contributed by atoms with Crippen molar-refractivity contribution in [2.75, 3.05) is 0 Å².